The molecule has 0 bridgehead atoms. The van der Waals surface area contributed by atoms with Gasteiger partial charge in [0.05, 0.1) is 6.61 Å². The van der Waals surface area contributed by atoms with E-state index in [0.717, 1.165) is 70.2 Å². The SMILES string of the molecule is Cc1c(NC(=O)c2cc(C3CC3)c(CN)cn2)cccc1-c1cccc(NC(=O)c2cc(C3CC3)c(CN[C@@H](C)CO)cn2)c1C. The summed E-state index contributed by atoms with van der Waals surface area (Å²) in [5.74, 6) is 0.388. The Morgan fingerprint density at radius 2 is 1.30 bits per heavy atom. The van der Waals surface area contributed by atoms with Crippen molar-refractivity contribution in [2.45, 2.75) is 77.4 Å². The molecule has 1 atom stereocenters. The number of pyridine rings is 2. The van der Waals surface area contributed by atoms with Gasteiger partial charge in [-0.05, 0) is 127 Å². The van der Waals surface area contributed by atoms with Crippen molar-refractivity contribution in [3.8, 4) is 11.1 Å². The van der Waals surface area contributed by atoms with Crippen molar-refractivity contribution in [2.24, 2.45) is 5.73 Å². The van der Waals surface area contributed by atoms with Crippen LogP contribution in [0.15, 0.2) is 60.9 Å². The molecule has 2 fully saturated rings. The van der Waals surface area contributed by atoms with E-state index in [2.05, 4.69) is 25.9 Å². The summed E-state index contributed by atoms with van der Waals surface area (Å²) in [6.07, 6.45) is 7.94. The van der Waals surface area contributed by atoms with E-state index in [1.165, 1.54) is 0 Å². The molecule has 0 unspecified atom stereocenters. The number of carbonyl (C=O) groups excluding carboxylic acids is 2. The van der Waals surface area contributed by atoms with Gasteiger partial charge in [-0.3, -0.25) is 19.6 Å². The third-order valence-corrected chi connectivity index (χ3v) is 9.13. The molecule has 238 valence electrons. The number of aliphatic hydroxyl groups is 1. The van der Waals surface area contributed by atoms with Gasteiger partial charge in [0.1, 0.15) is 11.4 Å². The number of hydrogen-bond acceptors (Lipinski definition) is 7. The lowest BCUT2D eigenvalue weighted by Crippen LogP contribution is -2.29. The number of nitrogens with two attached hydrogens (primary N) is 1. The highest BCUT2D eigenvalue weighted by molar-refractivity contribution is 6.05. The van der Waals surface area contributed by atoms with Gasteiger partial charge < -0.3 is 26.8 Å². The fraction of sp³-hybridized carbons (Fsp3) is 0.351. The minimum absolute atomic E-state index is 0.0168. The zero-order valence-electron chi connectivity index (χ0n) is 26.7. The highest BCUT2D eigenvalue weighted by atomic mass is 16.3. The van der Waals surface area contributed by atoms with Gasteiger partial charge >= 0.3 is 0 Å². The van der Waals surface area contributed by atoms with Crippen molar-refractivity contribution in [3.63, 3.8) is 0 Å². The molecule has 0 saturated heterocycles. The molecule has 2 aromatic heterocycles. The first-order chi connectivity index (χ1) is 22.3. The number of anilines is 2. The molecule has 2 aliphatic rings. The number of rotatable bonds is 12. The third-order valence-electron chi connectivity index (χ3n) is 9.13. The molecule has 4 aromatic rings. The van der Waals surface area contributed by atoms with Crippen LogP contribution in [0.5, 0.6) is 0 Å². The Morgan fingerprint density at radius 3 is 1.76 bits per heavy atom. The second kappa shape index (κ2) is 13.5. The summed E-state index contributed by atoms with van der Waals surface area (Å²) in [6.45, 7) is 6.97. The number of aliphatic hydroxyl groups excluding tert-OH is 1. The number of amides is 2. The normalized spacial score (nSPS) is 15.0. The molecule has 9 nitrogen and oxygen atoms in total. The Bertz CT molecular complexity index is 1780. The van der Waals surface area contributed by atoms with Gasteiger partial charge in [0.2, 0.25) is 0 Å². The maximum absolute atomic E-state index is 13.4. The van der Waals surface area contributed by atoms with E-state index in [1.54, 1.807) is 12.4 Å². The first kappa shape index (κ1) is 31.5. The van der Waals surface area contributed by atoms with E-state index in [4.69, 9.17) is 5.73 Å². The van der Waals surface area contributed by atoms with Crippen LogP contribution >= 0.6 is 0 Å². The van der Waals surface area contributed by atoms with Crippen molar-refractivity contribution in [2.75, 3.05) is 17.2 Å². The van der Waals surface area contributed by atoms with E-state index in [0.29, 0.717) is 47.7 Å². The molecule has 0 aliphatic heterocycles. The standard InChI is InChI=1S/C37H42N6O3/c1-21(20-44)39-18-27-19-41-35(15-31(27)25-12-13-25)37(46)43-33-9-5-7-29(23(33)3)28-6-4-8-32(22(28)2)42-36(45)34-14-30(24-10-11-24)26(16-38)17-40-34/h4-9,14-15,17,19,21,24-25,39,44H,10-13,16,18,20,38H2,1-3H3,(H,42,45)(H,43,46)/t21-/m0/s1. The monoisotopic (exact) mass is 618 g/mol. The number of benzene rings is 2. The molecule has 2 saturated carbocycles. The number of aromatic nitrogens is 2. The van der Waals surface area contributed by atoms with Crippen molar-refractivity contribution in [1.29, 1.82) is 0 Å². The van der Waals surface area contributed by atoms with Crippen LogP contribution in [0.4, 0.5) is 11.4 Å². The van der Waals surface area contributed by atoms with Crippen LogP contribution < -0.4 is 21.7 Å². The Labute approximate surface area is 270 Å². The van der Waals surface area contributed by atoms with E-state index in [-0.39, 0.29) is 24.5 Å². The fourth-order valence-corrected chi connectivity index (χ4v) is 5.96. The molecular weight excluding hydrogens is 576 g/mol. The van der Waals surface area contributed by atoms with Gasteiger partial charge in [0, 0.05) is 42.9 Å². The maximum atomic E-state index is 13.4. The van der Waals surface area contributed by atoms with Crippen molar-refractivity contribution < 1.29 is 14.7 Å². The molecule has 2 aliphatic carbocycles. The molecule has 6 N–H and O–H groups in total. The van der Waals surface area contributed by atoms with Gasteiger partial charge in [-0.25, -0.2) is 0 Å². The Balaban J connectivity index is 1.20. The fourth-order valence-electron chi connectivity index (χ4n) is 5.96. The second-order valence-corrected chi connectivity index (χ2v) is 12.6. The highest BCUT2D eigenvalue weighted by Crippen LogP contribution is 2.43. The summed E-state index contributed by atoms with van der Waals surface area (Å²) in [7, 11) is 0. The van der Waals surface area contributed by atoms with Gasteiger partial charge in [-0.15, -0.1) is 0 Å². The third kappa shape index (κ3) is 6.87. The van der Waals surface area contributed by atoms with E-state index in [1.807, 2.05) is 69.3 Å². The first-order valence-electron chi connectivity index (χ1n) is 16.1. The molecule has 46 heavy (non-hydrogen) atoms. The van der Waals surface area contributed by atoms with Crippen LogP contribution in [-0.2, 0) is 13.1 Å². The lowest BCUT2D eigenvalue weighted by atomic mass is 9.94. The number of nitrogens with zero attached hydrogens (tertiary/aromatic N) is 2. The van der Waals surface area contributed by atoms with E-state index < -0.39 is 0 Å². The lowest BCUT2D eigenvalue weighted by Gasteiger charge is -2.17. The number of nitrogens with one attached hydrogen (secondary N) is 3. The van der Waals surface area contributed by atoms with Gasteiger partial charge in [-0.1, -0.05) is 24.3 Å². The minimum atomic E-state index is -0.262. The molecule has 0 radical (unpaired) electrons. The summed E-state index contributed by atoms with van der Waals surface area (Å²) < 4.78 is 0. The lowest BCUT2D eigenvalue weighted by molar-refractivity contribution is 0.101. The molecule has 6 rings (SSSR count). The maximum Gasteiger partial charge on any atom is 0.274 e. The van der Waals surface area contributed by atoms with Crippen molar-refractivity contribution in [1.82, 2.24) is 15.3 Å². The molecule has 2 amide bonds. The van der Waals surface area contributed by atoms with Gasteiger partial charge in [-0.2, -0.15) is 0 Å². The zero-order valence-corrected chi connectivity index (χ0v) is 26.7. The van der Waals surface area contributed by atoms with Crippen LogP contribution in [0.2, 0.25) is 0 Å². The van der Waals surface area contributed by atoms with Crippen molar-refractivity contribution in [3.05, 3.63) is 106 Å². The summed E-state index contributed by atoms with van der Waals surface area (Å²) in [5.41, 5.74) is 16.1. The molecule has 2 aromatic carbocycles. The van der Waals surface area contributed by atoms with Crippen LogP contribution in [0.1, 0.15) is 98.8 Å². The quantitative estimate of drug-likeness (QED) is 0.132. The smallest absolute Gasteiger partial charge is 0.274 e. The summed E-state index contributed by atoms with van der Waals surface area (Å²) in [4.78, 5) is 35.6. The van der Waals surface area contributed by atoms with Crippen LogP contribution in [-0.4, -0.2) is 39.5 Å². The molecular formula is C37H42N6O3. The van der Waals surface area contributed by atoms with Gasteiger partial charge in [0.25, 0.3) is 11.8 Å². The van der Waals surface area contributed by atoms with Gasteiger partial charge in [0.15, 0.2) is 0 Å². The summed E-state index contributed by atoms with van der Waals surface area (Å²) in [6, 6.07) is 15.4. The predicted octanol–water partition coefficient (Wildman–Crippen LogP) is 5.95. The largest absolute Gasteiger partial charge is 0.395 e. The number of carbonyl (C=O) groups is 2. The molecule has 2 heterocycles. The first-order valence-corrected chi connectivity index (χ1v) is 16.1. The summed E-state index contributed by atoms with van der Waals surface area (Å²) in [5, 5.41) is 18.8. The predicted molar refractivity (Wildman–Crippen MR) is 181 cm³/mol. The van der Waals surface area contributed by atoms with E-state index >= 15 is 0 Å². The summed E-state index contributed by atoms with van der Waals surface area (Å²) >= 11 is 0. The molecule has 0 spiro atoms. The minimum Gasteiger partial charge on any atom is -0.395 e. The van der Waals surface area contributed by atoms with Crippen LogP contribution in [0.3, 0.4) is 0 Å². The number of hydrogen-bond donors (Lipinski definition) is 5. The van der Waals surface area contributed by atoms with Crippen LogP contribution in [0.25, 0.3) is 11.1 Å². The Morgan fingerprint density at radius 1 is 0.826 bits per heavy atom. The average molecular weight is 619 g/mol. The Hall–Kier alpha value is -4.44. The zero-order chi connectivity index (χ0) is 32.4. The Kier molecular flexibility index (Phi) is 9.26. The average Bonchev–Trinajstić information content (AvgIpc) is 3.99. The van der Waals surface area contributed by atoms with Crippen LogP contribution in [0, 0.1) is 13.8 Å². The second-order valence-electron chi connectivity index (χ2n) is 12.6. The van der Waals surface area contributed by atoms with Crippen molar-refractivity contribution >= 4 is 23.2 Å². The van der Waals surface area contributed by atoms with E-state index in [9.17, 15) is 14.7 Å². The topological polar surface area (TPSA) is 142 Å². The highest BCUT2D eigenvalue weighted by Gasteiger charge is 2.28. The molecule has 9 heteroatoms.